The summed E-state index contributed by atoms with van der Waals surface area (Å²) in [5, 5.41) is 19.0. The fourth-order valence-corrected chi connectivity index (χ4v) is 2.16. The van der Waals surface area contributed by atoms with Gasteiger partial charge in [0.05, 0.1) is 18.7 Å². The van der Waals surface area contributed by atoms with Gasteiger partial charge in [-0.25, -0.2) is 0 Å². The first-order chi connectivity index (χ1) is 8.17. The smallest absolute Gasteiger partial charge is 0.162 e. The molecule has 0 bridgehead atoms. The van der Waals surface area contributed by atoms with Crippen molar-refractivity contribution in [3.63, 3.8) is 0 Å². The Balaban J connectivity index is 2.40. The molecule has 0 spiro atoms. The number of benzene rings is 1. The number of hydrogen-bond donors (Lipinski definition) is 2. The van der Waals surface area contributed by atoms with Gasteiger partial charge in [0.1, 0.15) is 0 Å². The maximum Gasteiger partial charge on any atom is 0.162 e. The predicted molar refractivity (Wildman–Crippen MR) is 63.6 cm³/mol. The fourth-order valence-electron chi connectivity index (χ4n) is 2.16. The average Bonchev–Trinajstić information content (AvgIpc) is 2.27. The van der Waals surface area contributed by atoms with Crippen LogP contribution in [0.3, 0.4) is 0 Å². The highest BCUT2D eigenvalue weighted by Gasteiger charge is 2.28. The van der Waals surface area contributed by atoms with Crippen LogP contribution in [-0.4, -0.2) is 12.2 Å². The van der Waals surface area contributed by atoms with Crippen molar-refractivity contribution in [3.05, 3.63) is 23.3 Å². The van der Waals surface area contributed by atoms with Crippen LogP contribution in [0.2, 0.25) is 0 Å². The largest absolute Gasteiger partial charge is 0.504 e. The van der Waals surface area contributed by atoms with E-state index in [0.717, 1.165) is 12.8 Å². The first-order valence-corrected chi connectivity index (χ1v) is 5.74. The van der Waals surface area contributed by atoms with Crippen molar-refractivity contribution in [3.8, 4) is 17.6 Å². The summed E-state index contributed by atoms with van der Waals surface area (Å²) < 4.78 is 5.05. The van der Waals surface area contributed by atoms with Crippen LogP contribution in [0.1, 0.15) is 36.4 Å². The summed E-state index contributed by atoms with van der Waals surface area (Å²) in [6.07, 6.45) is 3.35. The van der Waals surface area contributed by atoms with Gasteiger partial charge in [-0.1, -0.05) is 6.42 Å². The standard InChI is InChI=1S/C13H16N2O2/c1-17-11-6-8(7-14)5-10(13(11)16)12(15)9-3-2-4-9/h5-6,9,12,16H,2-4,15H2,1H3/t12-/m0/s1. The van der Waals surface area contributed by atoms with Gasteiger partial charge in [-0.3, -0.25) is 0 Å². The van der Waals surface area contributed by atoms with Crippen LogP contribution in [0.25, 0.3) is 0 Å². The third-order valence-electron chi connectivity index (χ3n) is 3.47. The van der Waals surface area contributed by atoms with Gasteiger partial charge in [0, 0.05) is 17.7 Å². The van der Waals surface area contributed by atoms with E-state index in [-0.39, 0.29) is 11.8 Å². The number of methoxy groups -OCH3 is 1. The second-order valence-electron chi connectivity index (χ2n) is 4.44. The van der Waals surface area contributed by atoms with Crippen LogP contribution in [0.4, 0.5) is 0 Å². The highest BCUT2D eigenvalue weighted by molar-refractivity contribution is 5.53. The van der Waals surface area contributed by atoms with Crippen LogP contribution >= 0.6 is 0 Å². The molecule has 1 aliphatic rings. The van der Waals surface area contributed by atoms with Gasteiger partial charge >= 0.3 is 0 Å². The lowest BCUT2D eigenvalue weighted by Crippen LogP contribution is -2.27. The maximum atomic E-state index is 10.0. The molecule has 0 saturated heterocycles. The van der Waals surface area contributed by atoms with Crippen molar-refractivity contribution in [2.75, 3.05) is 7.11 Å². The first-order valence-electron chi connectivity index (χ1n) is 5.74. The van der Waals surface area contributed by atoms with Gasteiger partial charge in [-0.15, -0.1) is 0 Å². The monoisotopic (exact) mass is 232 g/mol. The molecule has 0 amide bonds. The molecule has 0 unspecified atom stereocenters. The number of ether oxygens (including phenoxy) is 1. The number of hydrogen-bond acceptors (Lipinski definition) is 4. The van der Waals surface area contributed by atoms with Gasteiger partial charge in [0.2, 0.25) is 0 Å². The molecule has 4 nitrogen and oxygen atoms in total. The Morgan fingerprint density at radius 1 is 1.53 bits per heavy atom. The molecular formula is C13H16N2O2. The minimum absolute atomic E-state index is 0.0610. The number of nitrogens with zero attached hydrogens (tertiary/aromatic N) is 1. The van der Waals surface area contributed by atoms with Gasteiger partial charge in [-0.05, 0) is 24.8 Å². The topological polar surface area (TPSA) is 79.3 Å². The summed E-state index contributed by atoms with van der Waals surface area (Å²) >= 11 is 0. The quantitative estimate of drug-likeness (QED) is 0.836. The number of phenolic OH excluding ortho intramolecular Hbond substituents is 1. The zero-order valence-electron chi connectivity index (χ0n) is 9.81. The van der Waals surface area contributed by atoms with Crippen LogP contribution in [0.15, 0.2) is 12.1 Å². The summed E-state index contributed by atoms with van der Waals surface area (Å²) in [5.74, 6) is 0.777. The minimum atomic E-state index is -0.217. The number of phenols is 1. The number of aromatic hydroxyl groups is 1. The Labute approximate surface area is 101 Å². The van der Waals surface area contributed by atoms with Crippen molar-refractivity contribution < 1.29 is 9.84 Å². The summed E-state index contributed by atoms with van der Waals surface area (Å²) in [6.45, 7) is 0. The van der Waals surface area contributed by atoms with E-state index in [4.69, 9.17) is 15.7 Å². The zero-order valence-corrected chi connectivity index (χ0v) is 9.81. The molecule has 4 heteroatoms. The Kier molecular flexibility index (Phi) is 3.21. The van der Waals surface area contributed by atoms with Crippen LogP contribution in [-0.2, 0) is 0 Å². The zero-order chi connectivity index (χ0) is 12.4. The van der Waals surface area contributed by atoms with Crippen LogP contribution < -0.4 is 10.5 Å². The van der Waals surface area contributed by atoms with E-state index in [1.807, 2.05) is 0 Å². The van der Waals surface area contributed by atoms with Gasteiger partial charge in [0.25, 0.3) is 0 Å². The average molecular weight is 232 g/mol. The summed E-state index contributed by atoms with van der Waals surface area (Å²) in [6, 6.07) is 5.01. The van der Waals surface area contributed by atoms with Gasteiger partial charge in [0.15, 0.2) is 11.5 Å². The first kappa shape index (κ1) is 11.7. The normalized spacial score (nSPS) is 17.0. The molecule has 1 fully saturated rings. The van der Waals surface area contributed by atoms with Crippen LogP contribution in [0, 0.1) is 17.2 Å². The third kappa shape index (κ3) is 2.06. The second kappa shape index (κ2) is 4.64. The van der Waals surface area contributed by atoms with Crippen molar-refractivity contribution in [1.82, 2.24) is 0 Å². The second-order valence-corrected chi connectivity index (χ2v) is 4.44. The lowest BCUT2D eigenvalue weighted by atomic mass is 9.77. The molecule has 1 atom stereocenters. The van der Waals surface area contributed by atoms with E-state index in [9.17, 15) is 5.11 Å². The molecule has 0 aliphatic heterocycles. The molecule has 1 aliphatic carbocycles. The molecule has 1 aromatic rings. The Bertz CT molecular complexity index is 461. The molecule has 1 aromatic carbocycles. The minimum Gasteiger partial charge on any atom is -0.504 e. The van der Waals surface area contributed by atoms with Crippen LogP contribution in [0.5, 0.6) is 11.5 Å². The van der Waals surface area contributed by atoms with Crippen molar-refractivity contribution >= 4 is 0 Å². The highest BCUT2D eigenvalue weighted by atomic mass is 16.5. The van der Waals surface area contributed by atoms with E-state index in [2.05, 4.69) is 6.07 Å². The van der Waals surface area contributed by atoms with Crippen molar-refractivity contribution in [2.45, 2.75) is 25.3 Å². The summed E-state index contributed by atoms with van der Waals surface area (Å²) in [5.41, 5.74) is 7.20. The van der Waals surface area contributed by atoms with E-state index in [1.165, 1.54) is 19.6 Å². The van der Waals surface area contributed by atoms with E-state index in [0.29, 0.717) is 22.8 Å². The molecule has 3 N–H and O–H groups in total. The number of nitriles is 1. The van der Waals surface area contributed by atoms with Gasteiger partial charge < -0.3 is 15.6 Å². The van der Waals surface area contributed by atoms with Crippen molar-refractivity contribution in [1.29, 1.82) is 5.26 Å². The lowest BCUT2D eigenvalue weighted by Gasteiger charge is -2.32. The molecule has 90 valence electrons. The molecule has 0 heterocycles. The molecular weight excluding hydrogens is 216 g/mol. The number of nitrogens with two attached hydrogens (primary N) is 1. The molecule has 17 heavy (non-hydrogen) atoms. The molecule has 0 radical (unpaired) electrons. The van der Waals surface area contributed by atoms with Gasteiger partial charge in [-0.2, -0.15) is 5.26 Å². The van der Waals surface area contributed by atoms with E-state index >= 15 is 0 Å². The summed E-state index contributed by atoms with van der Waals surface area (Å²) in [4.78, 5) is 0. The predicted octanol–water partition coefficient (Wildman–Crippen LogP) is 2.07. The Morgan fingerprint density at radius 2 is 2.24 bits per heavy atom. The SMILES string of the molecule is COc1cc(C#N)cc([C@@H](N)C2CCC2)c1O. The molecule has 1 saturated carbocycles. The van der Waals surface area contributed by atoms with E-state index < -0.39 is 0 Å². The lowest BCUT2D eigenvalue weighted by molar-refractivity contribution is 0.259. The maximum absolute atomic E-state index is 10.0. The third-order valence-corrected chi connectivity index (χ3v) is 3.47. The summed E-state index contributed by atoms with van der Waals surface area (Å²) in [7, 11) is 1.47. The van der Waals surface area contributed by atoms with Crippen molar-refractivity contribution in [2.24, 2.45) is 11.7 Å². The van der Waals surface area contributed by atoms with E-state index in [1.54, 1.807) is 6.07 Å². The highest BCUT2D eigenvalue weighted by Crippen LogP contribution is 2.42. The molecule has 0 aromatic heterocycles. The Morgan fingerprint density at radius 3 is 2.71 bits per heavy atom. The molecule has 2 rings (SSSR count). The Hall–Kier alpha value is -1.73. The fraction of sp³-hybridized carbons (Fsp3) is 0.462. The number of rotatable bonds is 3.